The van der Waals surface area contributed by atoms with E-state index < -0.39 is 5.97 Å². The van der Waals surface area contributed by atoms with Crippen molar-refractivity contribution in [2.45, 2.75) is 26.8 Å². The maximum Gasteiger partial charge on any atom is 0.328 e. The van der Waals surface area contributed by atoms with E-state index in [2.05, 4.69) is 5.32 Å². The molecule has 1 atom stereocenters. The molecule has 0 amide bonds. The Morgan fingerprint density at radius 3 is 2.78 bits per heavy atom. The molecule has 0 spiro atoms. The van der Waals surface area contributed by atoms with Crippen molar-refractivity contribution in [1.29, 1.82) is 0 Å². The van der Waals surface area contributed by atoms with Gasteiger partial charge in [-0.15, -0.1) is 0 Å². The predicted octanol–water partition coefficient (Wildman–Crippen LogP) is 2.82. The fourth-order valence-corrected chi connectivity index (χ4v) is 1.57. The minimum absolute atomic E-state index is 0.0303. The molecular weight excluding hydrogens is 233 g/mol. The zero-order valence-corrected chi connectivity index (χ0v) is 10.8. The number of rotatable bonds is 5. The summed E-state index contributed by atoms with van der Waals surface area (Å²) in [6, 6.07) is 5.08. The van der Waals surface area contributed by atoms with Crippen LogP contribution in [0, 0.1) is 12.7 Å². The Hall–Kier alpha value is -1.68. The molecule has 0 aromatic heterocycles. The van der Waals surface area contributed by atoms with Gasteiger partial charge in [-0.05, 0) is 38.0 Å². The molecular formula is C14H18FNO2. The second kappa shape index (κ2) is 6.31. The van der Waals surface area contributed by atoms with Crippen molar-refractivity contribution < 1.29 is 14.3 Å². The van der Waals surface area contributed by atoms with E-state index in [0.29, 0.717) is 12.1 Å². The number of aryl methyl sites for hydroxylation is 1. The molecule has 0 aliphatic rings. The van der Waals surface area contributed by atoms with E-state index in [4.69, 9.17) is 5.11 Å². The second-order valence-electron chi connectivity index (χ2n) is 4.44. The summed E-state index contributed by atoms with van der Waals surface area (Å²) in [5, 5.41) is 11.7. The van der Waals surface area contributed by atoms with E-state index in [1.54, 1.807) is 19.9 Å². The molecule has 3 nitrogen and oxygen atoms in total. The van der Waals surface area contributed by atoms with Gasteiger partial charge in [-0.25, -0.2) is 9.18 Å². The summed E-state index contributed by atoms with van der Waals surface area (Å²) in [5.74, 6) is -1.18. The van der Waals surface area contributed by atoms with E-state index in [0.717, 1.165) is 17.2 Å². The first-order chi connectivity index (χ1) is 8.40. The number of hydrogen-bond donors (Lipinski definition) is 2. The number of halogens is 1. The quantitative estimate of drug-likeness (QED) is 0.791. The van der Waals surface area contributed by atoms with Crippen molar-refractivity contribution in [2.24, 2.45) is 0 Å². The molecule has 2 N–H and O–H groups in total. The lowest BCUT2D eigenvalue weighted by atomic mass is 10.1. The average Bonchev–Trinajstić information content (AvgIpc) is 2.28. The van der Waals surface area contributed by atoms with E-state index in [-0.39, 0.29) is 11.9 Å². The second-order valence-corrected chi connectivity index (χ2v) is 4.44. The van der Waals surface area contributed by atoms with E-state index in [1.165, 1.54) is 6.07 Å². The van der Waals surface area contributed by atoms with Gasteiger partial charge in [0, 0.05) is 18.7 Å². The van der Waals surface area contributed by atoms with Crippen LogP contribution in [0.2, 0.25) is 0 Å². The highest BCUT2D eigenvalue weighted by atomic mass is 19.1. The maximum absolute atomic E-state index is 13.4. The van der Waals surface area contributed by atoms with Crippen LogP contribution >= 0.6 is 0 Å². The summed E-state index contributed by atoms with van der Waals surface area (Å²) in [4.78, 5) is 10.5. The van der Waals surface area contributed by atoms with Gasteiger partial charge in [-0.1, -0.05) is 17.7 Å². The lowest BCUT2D eigenvalue weighted by molar-refractivity contribution is -0.131. The molecule has 1 aromatic rings. The summed E-state index contributed by atoms with van der Waals surface area (Å²) in [5.41, 5.74) is 2.19. The van der Waals surface area contributed by atoms with Crippen LogP contribution in [-0.4, -0.2) is 17.6 Å². The molecule has 0 saturated carbocycles. The van der Waals surface area contributed by atoms with Gasteiger partial charge < -0.3 is 10.4 Å². The summed E-state index contributed by atoms with van der Waals surface area (Å²) >= 11 is 0. The SMILES string of the molecule is C/C(=C\C(=O)O)CNC(C)c1ccc(C)c(F)c1. The number of hydrogen-bond acceptors (Lipinski definition) is 2. The van der Waals surface area contributed by atoms with Crippen molar-refractivity contribution in [3.63, 3.8) is 0 Å². The van der Waals surface area contributed by atoms with Gasteiger partial charge in [0.15, 0.2) is 0 Å². The Balaban J connectivity index is 2.63. The molecule has 1 rings (SSSR count). The molecule has 18 heavy (non-hydrogen) atoms. The topological polar surface area (TPSA) is 49.3 Å². The first kappa shape index (κ1) is 14.4. The van der Waals surface area contributed by atoms with E-state index in [1.807, 2.05) is 13.0 Å². The third-order valence-electron chi connectivity index (χ3n) is 2.75. The van der Waals surface area contributed by atoms with Crippen LogP contribution in [-0.2, 0) is 4.79 Å². The third kappa shape index (κ3) is 4.30. The summed E-state index contributed by atoms with van der Waals surface area (Å²) in [6.45, 7) is 5.83. The van der Waals surface area contributed by atoms with Crippen LogP contribution in [0.15, 0.2) is 29.8 Å². The van der Waals surface area contributed by atoms with Gasteiger partial charge in [0.1, 0.15) is 5.82 Å². The Labute approximate surface area is 106 Å². The normalized spacial score (nSPS) is 13.4. The standard InChI is InChI=1S/C14H18FNO2/c1-9(6-14(17)18)8-16-11(3)12-5-4-10(2)13(15)7-12/h4-7,11,16H,8H2,1-3H3,(H,17,18)/b9-6+. The zero-order chi connectivity index (χ0) is 13.7. The zero-order valence-electron chi connectivity index (χ0n) is 10.8. The average molecular weight is 251 g/mol. The molecule has 0 aliphatic carbocycles. The Morgan fingerprint density at radius 1 is 1.56 bits per heavy atom. The monoisotopic (exact) mass is 251 g/mol. The molecule has 0 saturated heterocycles. The van der Waals surface area contributed by atoms with Crippen LogP contribution in [0.5, 0.6) is 0 Å². The van der Waals surface area contributed by atoms with Gasteiger partial charge in [0.2, 0.25) is 0 Å². The minimum Gasteiger partial charge on any atom is -0.478 e. The molecule has 98 valence electrons. The van der Waals surface area contributed by atoms with E-state index >= 15 is 0 Å². The third-order valence-corrected chi connectivity index (χ3v) is 2.75. The maximum atomic E-state index is 13.4. The van der Waals surface area contributed by atoms with Crippen LogP contribution in [0.4, 0.5) is 4.39 Å². The fourth-order valence-electron chi connectivity index (χ4n) is 1.57. The Bertz CT molecular complexity index is 469. The van der Waals surface area contributed by atoms with E-state index in [9.17, 15) is 9.18 Å². The van der Waals surface area contributed by atoms with Crippen LogP contribution in [0.25, 0.3) is 0 Å². The lowest BCUT2D eigenvalue weighted by Crippen LogP contribution is -2.21. The Kier molecular flexibility index (Phi) is 5.04. The van der Waals surface area contributed by atoms with Crippen molar-refractivity contribution in [2.75, 3.05) is 6.54 Å². The molecule has 1 unspecified atom stereocenters. The van der Waals surface area contributed by atoms with Crippen LogP contribution < -0.4 is 5.32 Å². The first-order valence-corrected chi connectivity index (χ1v) is 5.79. The summed E-state index contributed by atoms with van der Waals surface area (Å²) < 4.78 is 13.4. The molecule has 0 heterocycles. The molecule has 0 fully saturated rings. The number of nitrogens with one attached hydrogen (secondary N) is 1. The summed E-state index contributed by atoms with van der Waals surface area (Å²) in [6.07, 6.45) is 1.16. The van der Waals surface area contributed by atoms with Crippen molar-refractivity contribution in [3.05, 3.63) is 46.8 Å². The smallest absolute Gasteiger partial charge is 0.328 e. The number of carboxylic acids is 1. The lowest BCUT2D eigenvalue weighted by Gasteiger charge is -2.15. The van der Waals surface area contributed by atoms with Crippen molar-refractivity contribution >= 4 is 5.97 Å². The van der Waals surface area contributed by atoms with Crippen LogP contribution in [0.3, 0.4) is 0 Å². The molecule has 0 aliphatic heterocycles. The van der Waals surface area contributed by atoms with Gasteiger partial charge in [-0.2, -0.15) is 0 Å². The highest BCUT2D eigenvalue weighted by Gasteiger charge is 2.07. The highest BCUT2D eigenvalue weighted by molar-refractivity contribution is 5.80. The number of benzene rings is 1. The molecule has 4 heteroatoms. The van der Waals surface area contributed by atoms with Crippen molar-refractivity contribution in [1.82, 2.24) is 5.32 Å². The largest absolute Gasteiger partial charge is 0.478 e. The first-order valence-electron chi connectivity index (χ1n) is 5.79. The molecule has 1 aromatic carbocycles. The van der Waals surface area contributed by atoms with Gasteiger partial charge >= 0.3 is 5.97 Å². The number of carboxylic acid groups (broad SMARTS) is 1. The van der Waals surface area contributed by atoms with Crippen LogP contribution in [0.1, 0.15) is 31.0 Å². The summed E-state index contributed by atoms with van der Waals surface area (Å²) in [7, 11) is 0. The van der Waals surface area contributed by atoms with Crippen molar-refractivity contribution in [3.8, 4) is 0 Å². The highest BCUT2D eigenvalue weighted by Crippen LogP contribution is 2.16. The van der Waals surface area contributed by atoms with Gasteiger partial charge in [0.05, 0.1) is 0 Å². The fraction of sp³-hybridized carbons (Fsp3) is 0.357. The van der Waals surface area contributed by atoms with Gasteiger partial charge in [0.25, 0.3) is 0 Å². The Morgan fingerprint density at radius 2 is 2.22 bits per heavy atom. The molecule has 0 bridgehead atoms. The predicted molar refractivity (Wildman–Crippen MR) is 68.9 cm³/mol. The van der Waals surface area contributed by atoms with Gasteiger partial charge in [-0.3, -0.25) is 0 Å². The number of aliphatic carboxylic acids is 1. The molecule has 0 radical (unpaired) electrons. The minimum atomic E-state index is -0.955. The number of carbonyl (C=O) groups is 1.